The molecule has 0 aliphatic carbocycles. The van der Waals surface area contributed by atoms with E-state index in [2.05, 4.69) is 11.0 Å². The van der Waals surface area contributed by atoms with E-state index in [1.54, 1.807) is 7.11 Å². The fourth-order valence-corrected chi connectivity index (χ4v) is 3.33. The van der Waals surface area contributed by atoms with E-state index in [1.807, 2.05) is 7.05 Å². The summed E-state index contributed by atoms with van der Waals surface area (Å²) in [6, 6.07) is 2.11. The molecule has 0 aromatic carbocycles. The minimum Gasteiger partial charge on any atom is -0.492 e. The second-order valence-corrected chi connectivity index (χ2v) is 5.76. The first-order valence-electron chi connectivity index (χ1n) is 6.32. The molecule has 5 nitrogen and oxygen atoms in total. The van der Waals surface area contributed by atoms with Gasteiger partial charge in [-0.15, -0.1) is 11.3 Å². The van der Waals surface area contributed by atoms with Gasteiger partial charge in [0.05, 0.1) is 13.7 Å². The van der Waals surface area contributed by atoms with Crippen molar-refractivity contribution >= 4 is 22.0 Å². The molecule has 0 saturated carbocycles. The summed E-state index contributed by atoms with van der Waals surface area (Å²) in [4.78, 5) is 2.62. The third-order valence-electron chi connectivity index (χ3n) is 3.32. The maximum absolute atomic E-state index is 9.04. The lowest BCUT2D eigenvalue weighted by molar-refractivity contribution is 0.0576. The van der Waals surface area contributed by atoms with E-state index in [4.69, 9.17) is 20.5 Å². The summed E-state index contributed by atoms with van der Waals surface area (Å²) in [6.07, 6.45) is 2.30. The van der Waals surface area contributed by atoms with Crippen molar-refractivity contribution in [2.24, 2.45) is 5.92 Å². The van der Waals surface area contributed by atoms with Gasteiger partial charge in [-0.05, 0) is 18.8 Å². The normalized spacial score (nSPS) is 18.9. The Morgan fingerprint density at radius 1 is 1.63 bits per heavy atom. The highest BCUT2D eigenvalue weighted by Crippen LogP contribution is 2.44. The number of hydrogen-bond donors (Lipinski definition) is 1. The van der Waals surface area contributed by atoms with Crippen molar-refractivity contribution in [1.29, 1.82) is 5.26 Å². The number of anilines is 2. The van der Waals surface area contributed by atoms with Gasteiger partial charge < -0.3 is 20.1 Å². The summed E-state index contributed by atoms with van der Waals surface area (Å²) >= 11 is 1.38. The van der Waals surface area contributed by atoms with Crippen molar-refractivity contribution in [3.8, 4) is 11.8 Å². The Balaban J connectivity index is 2.14. The van der Waals surface area contributed by atoms with E-state index in [-0.39, 0.29) is 0 Å². The first-order valence-corrected chi connectivity index (χ1v) is 7.14. The lowest BCUT2D eigenvalue weighted by atomic mass is 10.0. The smallest absolute Gasteiger partial charge is 0.177 e. The molecule has 0 spiro atoms. The first kappa shape index (κ1) is 14.0. The van der Waals surface area contributed by atoms with Crippen molar-refractivity contribution in [2.45, 2.75) is 12.8 Å². The zero-order chi connectivity index (χ0) is 13.8. The third kappa shape index (κ3) is 2.94. The van der Waals surface area contributed by atoms with Crippen LogP contribution in [0.25, 0.3) is 0 Å². The molecule has 104 valence electrons. The molecule has 0 radical (unpaired) electrons. The number of nitrogen functional groups attached to an aromatic ring is 1. The number of rotatable bonds is 4. The van der Waals surface area contributed by atoms with Crippen LogP contribution in [0.5, 0.6) is 5.75 Å². The van der Waals surface area contributed by atoms with Crippen LogP contribution in [-0.4, -0.2) is 33.9 Å². The Morgan fingerprint density at radius 2 is 2.42 bits per heavy atom. The van der Waals surface area contributed by atoms with Crippen LogP contribution in [0.4, 0.5) is 10.7 Å². The number of thiophene rings is 1. The highest BCUT2D eigenvalue weighted by molar-refractivity contribution is 7.17. The second-order valence-electron chi connectivity index (χ2n) is 4.76. The summed E-state index contributed by atoms with van der Waals surface area (Å²) in [5, 5.41) is 9.96. The van der Waals surface area contributed by atoms with Crippen LogP contribution in [0.2, 0.25) is 0 Å². The van der Waals surface area contributed by atoms with Crippen LogP contribution in [0.15, 0.2) is 0 Å². The molecule has 1 aliphatic heterocycles. The van der Waals surface area contributed by atoms with Gasteiger partial charge in [0.15, 0.2) is 5.75 Å². The van der Waals surface area contributed by atoms with Crippen molar-refractivity contribution in [2.75, 3.05) is 44.5 Å². The number of nitriles is 1. The van der Waals surface area contributed by atoms with Crippen LogP contribution in [-0.2, 0) is 4.74 Å². The molecule has 1 aromatic heterocycles. The molecule has 6 heteroatoms. The Morgan fingerprint density at radius 3 is 3.00 bits per heavy atom. The summed E-state index contributed by atoms with van der Waals surface area (Å²) in [5.74, 6) is 1.14. The van der Waals surface area contributed by atoms with E-state index >= 15 is 0 Å². The number of nitrogens with zero attached hydrogens (tertiary/aromatic N) is 2. The standard InChI is InChI=1S/C13H19N3O2S/c1-16(7-9-4-3-5-18-8-9)13-12(17-2)11(15)10(6-14)19-13/h9H,3-5,7-8,15H2,1-2H3. The van der Waals surface area contributed by atoms with E-state index in [0.29, 0.717) is 22.2 Å². The number of methoxy groups -OCH3 is 1. The third-order valence-corrected chi connectivity index (χ3v) is 4.53. The molecule has 2 N–H and O–H groups in total. The van der Waals surface area contributed by atoms with Gasteiger partial charge in [-0.25, -0.2) is 0 Å². The van der Waals surface area contributed by atoms with Gasteiger partial charge in [0, 0.05) is 20.2 Å². The van der Waals surface area contributed by atoms with Crippen LogP contribution < -0.4 is 15.4 Å². The lowest BCUT2D eigenvalue weighted by Gasteiger charge is -2.27. The molecular formula is C13H19N3O2S. The monoisotopic (exact) mass is 281 g/mol. The quantitative estimate of drug-likeness (QED) is 0.914. The van der Waals surface area contributed by atoms with Crippen LogP contribution in [0.1, 0.15) is 17.7 Å². The topological polar surface area (TPSA) is 71.5 Å². The summed E-state index contributed by atoms with van der Waals surface area (Å²) in [6.45, 7) is 2.56. The Labute approximate surface area is 117 Å². The molecule has 1 aromatic rings. The maximum Gasteiger partial charge on any atom is 0.177 e. The van der Waals surface area contributed by atoms with Gasteiger partial charge in [-0.1, -0.05) is 0 Å². The van der Waals surface area contributed by atoms with Crippen molar-refractivity contribution < 1.29 is 9.47 Å². The van der Waals surface area contributed by atoms with Crippen LogP contribution >= 0.6 is 11.3 Å². The number of ether oxygens (including phenoxy) is 2. The average molecular weight is 281 g/mol. The van der Waals surface area contributed by atoms with Crippen molar-refractivity contribution in [3.63, 3.8) is 0 Å². The molecule has 1 fully saturated rings. The average Bonchev–Trinajstić information content (AvgIpc) is 2.76. The largest absolute Gasteiger partial charge is 0.492 e. The van der Waals surface area contributed by atoms with Gasteiger partial charge in [-0.3, -0.25) is 0 Å². The fourth-order valence-electron chi connectivity index (χ4n) is 2.37. The molecule has 1 aliphatic rings. The fraction of sp³-hybridized carbons (Fsp3) is 0.615. The van der Waals surface area contributed by atoms with Gasteiger partial charge in [0.25, 0.3) is 0 Å². The molecular weight excluding hydrogens is 262 g/mol. The molecule has 2 rings (SSSR count). The number of hydrogen-bond acceptors (Lipinski definition) is 6. The highest BCUT2D eigenvalue weighted by atomic mass is 32.1. The highest BCUT2D eigenvalue weighted by Gasteiger charge is 2.22. The minimum atomic E-state index is 0.441. The summed E-state index contributed by atoms with van der Waals surface area (Å²) < 4.78 is 10.8. The molecule has 1 unspecified atom stereocenters. The van der Waals surface area contributed by atoms with Gasteiger partial charge in [-0.2, -0.15) is 5.26 Å². The maximum atomic E-state index is 9.04. The van der Waals surface area contributed by atoms with E-state index in [9.17, 15) is 0 Å². The van der Waals surface area contributed by atoms with E-state index in [1.165, 1.54) is 17.8 Å². The van der Waals surface area contributed by atoms with Gasteiger partial charge >= 0.3 is 0 Å². The predicted octanol–water partition coefficient (Wildman–Crippen LogP) is 2.07. The summed E-state index contributed by atoms with van der Waals surface area (Å²) in [7, 11) is 3.59. The summed E-state index contributed by atoms with van der Waals surface area (Å²) in [5.41, 5.74) is 6.35. The lowest BCUT2D eigenvalue weighted by Crippen LogP contribution is -2.30. The zero-order valence-corrected chi connectivity index (χ0v) is 12.1. The van der Waals surface area contributed by atoms with Crippen LogP contribution in [0.3, 0.4) is 0 Å². The molecule has 1 atom stereocenters. The first-order chi connectivity index (χ1) is 9.17. The Kier molecular flexibility index (Phi) is 4.51. The minimum absolute atomic E-state index is 0.441. The Bertz CT molecular complexity index is 475. The Hall–Kier alpha value is -1.45. The number of nitrogens with two attached hydrogens (primary N) is 1. The molecule has 1 saturated heterocycles. The van der Waals surface area contributed by atoms with Crippen molar-refractivity contribution in [3.05, 3.63) is 4.88 Å². The van der Waals surface area contributed by atoms with E-state index in [0.717, 1.165) is 31.2 Å². The van der Waals surface area contributed by atoms with Crippen LogP contribution in [0, 0.1) is 17.2 Å². The zero-order valence-electron chi connectivity index (χ0n) is 11.3. The van der Waals surface area contributed by atoms with E-state index < -0.39 is 0 Å². The molecule has 0 bridgehead atoms. The van der Waals surface area contributed by atoms with Gasteiger partial charge in [0.2, 0.25) is 0 Å². The van der Waals surface area contributed by atoms with Crippen molar-refractivity contribution in [1.82, 2.24) is 0 Å². The SMILES string of the molecule is COc1c(N(C)CC2CCCOC2)sc(C#N)c1N. The molecule has 2 heterocycles. The predicted molar refractivity (Wildman–Crippen MR) is 76.8 cm³/mol. The molecule has 19 heavy (non-hydrogen) atoms. The second kappa shape index (κ2) is 6.13. The molecule has 0 amide bonds. The van der Waals surface area contributed by atoms with Gasteiger partial charge in [0.1, 0.15) is 21.6 Å².